The van der Waals surface area contributed by atoms with Crippen molar-refractivity contribution in [2.75, 3.05) is 61.0 Å². The van der Waals surface area contributed by atoms with Crippen LogP contribution in [0.4, 0.5) is 0 Å². The van der Waals surface area contributed by atoms with E-state index in [1.807, 2.05) is 7.05 Å². The molecule has 0 aliphatic heterocycles. The van der Waals surface area contributed by atoms with E-state index in [-0.39, 0.29) is 10.8 Å². The van der Waals surface area contributed by atoms with Crippen LogP contribution in [0.15, 0.2) is 12.1 Å². The fourth-order valence-corrected chi connectivity index (χ4v) is 4.37. The van der Waals surface area contributed by atoms with Crippen LogP contribution >= 0.6 is 0 Å². The van der Waals surface area contributed by atoms with Crippen molar-refractivity contribution in [3.63, 3.8) is 0 Å². The molecule has 0 saturated carbocycles. The summed E-state index contributed by atoms with van der Waals surface area (Å²) in [5, 5.41) is 1.67. The first-order valence-corrected chi connectivity index (χ1v) is 14.3. The average Bonchev–Trinajstić information content (AvgIpc) is 2.81. The first-order chi connectivity index (χ1) is 18.0. The van der Waals surface area contributed by atoms with Crippen LogP contribution in [-0.2, 0) is 41.7 Å². The van der Waals surface area contributed by atoms with E-state index < -0.39 is 5.60 Å². The van der Waals surface area contributed by atoms with Crippen molar-refractivity contribution in [2.45, 2.75) is 99.9 Å². The van der Waals surface area contributed by atoms with Crippen molar-refractivity contribution >= 4 is 0 Å². The molecule has 1 aromatic rings. The summed E-state index contributed by atoms with van der Waals surface area (Å²) >= 11 is 0. The molecule has 0 saturated heterocycles. The second-order valence-corrected chi connectivity index (χ2v) is 13.7. The van der Waals surface area contributed by atoms with Gasteiger partial charge in [0.25, 0.3) is 0 Å². The molecule has 0 bridgehead atoms. The number of hydrogen-bond acceptors (Lipinski definition) is 7. The first-order valence-electron chi connectivity index (χ1n) is 14.3. The third-order valence-electron chi connectivity index (χ3n) is 6.48. The van der Waals surface area contributed by atoms with Gasteiger partial charge >= 0.3 is 0 Å². The zero-order chi connectivity index (χ0) is 29.9. The van der Waals surface area contributed by atoms with Crippen molar-refractivity contribution < 1.29 is 28.5 Å². The van der Waals surface area contributed by atoms with Crippen LogP contribution in [0.2, 0.25) is 0 Å². The number of rotatable bonds is 20. The van der Waals surface area contributed by atoms with Gasteiger partial charge in [-0.1, -0.05) is 67.5 Å². The second kappa shape index (κ2) is 16.4. The SMILES string of the molecule is COCN(C)OCC(C)(C)OCc1cc(C(C)C)c(COCC(C)(C)COCC(C)(C)COC)cc1C(C)C. The van der Waals surface area contributed by atoms with Crippen molar-refractivity contribution in [1.29, 1.82) is 0 Å². The lowest BCUT2D eigenvalue weighted by Crippen LogP contribution is -2.35. The maximum atomic E-state index is 6.37. The van der Waals surface area contributed by atoms with Gasteiger partial charge in [0, 0.05) is 32.1 Å². The molecule has 39 heavy (non-hydrogen) atoms. The summed E-state index contributed by atoms with van der Waals surface area (Å²) in [7, 11) is 5.23. The minimum Gasteiger partial charge on any atom is -0.384 e. The van der Waals surface area contributed by atoms with Gasteiger partial charge in [0.05, 0.1) is 51.8 Å². The van der Waals surface area contributed by atoms with Gasteiger partial charge in [-0.05, 0) is 47.9 Å². The minimum absolute atomic E-state index is 0.000832. The first kappa shape index (κ1) is 36.0. The predicted molar refractivity (Wildman–Crippen MR) is 159 cm³/mol. The van der Waals surface area contributed by atoms with Crippen molar-refractivity contribution in [3.05, 3.63) is 34.4 Å². The molecule has 0 aliphatic carbocycles. The third kappa shape index (κ3) is 13.9. The zero-order valence-electron chi connectivity index (χ0n) is 27.4. The fourth-order valence-electron chi connectivity index (χ4n) is 4.37. The van der Waals surface area contributed by atoms with Gasteiger partial charge in [0.15, 0.2) is 0 Å². The summed E-state index contributed by atoms with van der Waals surface area (Å²) < 4.78 is 29.1. The Hall–Kier alpha value is -1.06. The fraction of sp³-hybridized carbons (Fsp3) is 0.812. The summed E-state index contributed by atoms with van der Waals surface area (Å²) in [6, 6.07) is 4.64. The van der Waals surface area contributed by atoms with Gasteiger partial charge in [-0.2, -0.15) is 5.06 Å². The molecule has 0 heterocycles. The quantitative estimate of drug-likeness (QED) is 0.128. The maximum Gasteiger partial charge on any atom is 0.121 e. The number of nitrogens with zero attached hydrogens (tertiary/aromatic N) is 1. The lowest BCUT2D eigenvalue weighted by Gasteiger charge is -2.29. The summed E-state index contributed by atoms with van der Waals surface area (Å²) in [5.41, 5.74) is 4.56. The Balaban J connectivity index is 2.89. The zero-order valence-corrected chi connectivity index (χ0v) is 27.4. The molecule has 0 N–H and O–H groups in total. The van der Waals surface area contributed by atoms with E-state index >= 15 is 0 Å². The standard InChI is InChI=1S/C32H59NO6/c1-24(2)28-15-27(17-38-32(9,10)22-39-33(11)23-35-13)29(25(3)4)14-26(28)16-36-19-31(7,8)21-37-20-30(5,6)18-34-12/h14-15,24-25H,16-23H2,1-13H3. The molecule has 0 unspecified atom stereocenters. The van der Waals surface area contributed by atoms with Gasteiger partial charge < -0.3 is 23.7 Å². The number of hydroxylamine groups is 2. The molecule has 0 spiro atoms. The lowest BCUT2D eigenvalue weighted by molar-refractivity contribution is -0.222. The van der Waals surface area contributed by atoms with E-state index in [1.54, 1.807) is 19.3 Å². The van der Waals surface area contributed by atoms with Crippen LogP contribution in [0.1, 0.15) is 103 Å². The summed E-state index contributed by atoms with van der Waals surface area (Å²) in [5.74, 6) is 0.748. The normalized spacial score (nSPS) is 13.3. The van der Waals surface area contributed by atoms with E-state index in [1.165, 1.54) is 22.3 Å². The van der Waals surface area contributed by atoms with Gasteiger partial charge in [0.2, 0.25) is 0 Å². The molecule has 0 aromatic heterocycles. The Morgan fingerprint density at radius 2 is 1.15 bits per heavy atom. The monoisotopic (exact) mass is 553 g/mol. The molecule has 7 heteroatoms. The van der Waals surface area contributed by atoms with Crippen LogP contribution in [0.5, 0.6) is 0 Å². The molecule has 7 nitrogen and oxygen atoms in total. The number of methoxy groups -OCH3 is 2. The Morgan fingerprint density at radius 3 is 1.64 bits per heavy atom. The molecule has 1 rings (SSSR count). The Morgan fingerprint density at radius 1 is 0.667 bits per heavy atom. The van der Waals surface area contributed by atoms with Crippen LogP contribution in [0.25, 0.3) is 0 Å². The predicted octanol–water partition coefficient (Wildman–Crippen LogP) is 6.93. The smallest absolute Gasteiger partial charge is 0.121 e. The molecule has 0 aliphatic rings. The molecule has 228 valence electrons. The topological polar surface area (TPSA) is 58.6 Å². The van der Waals surface area contributed by atoms with E-state index in [0.29, 0.717) is 64.8 Å². The summed E-state index contributed by atoms with van der Waals surface area (Å²) in [6.07, 6.45) is 0. The van der Waals surface area contributed by atoms with Crippen molar-refractivity contribution in [3.8, 4) is 0 Å². The summed E-state index contributed by atoms with van der Waals surface area (Å²) in [6.45, 7) is 26.3. The second-order valence-electron chi connectivity index (χ2n) is 13.7. The number of hydrogen-bond donors (Lipinski definition) is 0. The third-order valence-corrected chi connectivity index (χ3v) is 6.48. The summed E-state index contributed by atoms with van der Waals surface area (Å²) in [4.78, 5) is 5.77. The Kier molecular flexibility index (Phi) is 15.1. The van der Waals surface area contributed by atoms with Gasteiger partial charge in [-0.25, -0.2) is 0 Å². The Bertz CT molecular complexity index is 834. The van der Waals surface area contributed by atoms with E-state index in [9.17, 15) is 0 Å². The van der Waals surface area contributed by atoms with E-state index in [4.69, 9.17) is 28.5 Å². The average molecular weight is 554 g/mol. The van der Waals surface area contributed by atoms with E-state index in [0.717, 1.165) is 0 Å². The highest BCUT2D eigenvalue weighted by Gasteiger charge is 2.25. The largest absolute Gasteiger partial charge is 0.384 e. The van der Waals surface area contributed by atoms with Crippen molar-refractivity contribution in [1.82, 2.24) is 5.06 Å². The van der Waals surface area contributed by atoms with E-state index in [2.05, 4.69) is 81.4 Å². The molecule has 0 fully saturated rings. The lowest BCUT2D eigenvalue weighted by atomic mass is 9.88. The van der Waals surface area contributed by atoms with Gasteiger partial charge in [-0.3, -0.25) is 4.84 Å². The highest BCUT2D eigenvalue weighted by molar-refractivity contribution is 5.41. The number of ether oxygens (including phenoxy) is 5. The van der Waals surface area contributed by atoms with Gasteiger partial charge in [0.1, 0.15) is 6.73 Å². The molecule has 0 radical (unpaired) electrons. The molecular formula is C32H59NO6. The minimum atomic E-state index is -0.442. The van der Waals surface area contributed by atoms with Crippen LogP contribution in [0.3, 0.4) is 0 Å². The van der Waals surface area contributed by atoms with Gasteiger partial charge in [-0.15, -0.1) is 0 Å². The van der Waals surface area contributed by atoms with Crippen LogP contribution in [0, 0.1) is 10.8 Å². The molecular weight excluding hydrogens is 494 g/mol. The molecule has 0 amide bonds. The van der Waals surface area contributed by atoms with Crippen LogP contribution < -0.4 is 0 Å². The number of benzene rings is 1. The van der Waals surface area contributed by atoms with Crippen LogP contribution in [-0.4, -0.2) is 71.7 Å². The van der Waals surface area contributed by atoms with Crippen molar-refractivity contribution in [2.24, 2.45) is 10.8 Å². The highest BCUT2D eigenvalue weighted by Crippen LogP contribution is 2.31. The molecule has 1 aromatic carbocycles. The maximum absolute atomic E-state index is 6.37. The molecule has 0 atom stereocenters. The highest BCUT2D eigenvalue weighted by atomic mass is 16.7. The Labute approximate surface area is 239 Å².